The molecule has 0 bridgehead atoms. The number of aromatic amines is 1. The summed E-state index contributed by atoms with van der Waals surface area (Å²) in [6.07, 6.45) is 1.52. The van der Waals surface area contributed by atoms with Crippen LogP contribution in [0.15, 0.2) is 64.7 Å². The number of halogens is 2. The highest BCUT2D eigenvalue weighted by Gasteiger charge is 2.12. The van der Waals surface area contributed by atoms with Crippen LogP contribution in [-0.2, 0) is 5.75 Å². The van der Waals surface area contributed by atoms with E-state index in [1.54, 1.807) is 16.8 Å². The van der Waals surface area contributed by atoms with Crippen LogP contribution in [0.3, 0.4) is 0 Å². The fourth-order valence-corrected chi connectivity index (χ4v) is 3.53. The maximum atomic E-state index is 12.4. The molecule has 5 nitrogen and oxygen atoms in total. The molecule has 2 aromatic heterocycles. The zero-order chi connectivity index (χ0) is 18.1. The summed E-state index contributed by atoms with van der Waals surface area (Å²) in [7, 11) is 0. The van der Waals surface area contributed by atoms with Gasteiger partial charge in [-0.25, -0.2) is 9.67 Å². The van der Waals surface area contributed by atoms with E-state index in [4.69, 9.17) is 23.2 Å². The second kappa shape index (κ2) is 7.15. The van der Waals surface area contributed by atoms with Gasteiger partial charge in [0, 0.05) is 15.8 Å². The topological polar surface area (TPSA) is 63.6 Å². The maximum absolute atomic E-state index is 12.4. The lowest BCUT2D eigenvalue weighted by Crippen LogP contribution is -2.09. The molecule has 0 saturated carbocycles. The SMILES string of the molecule is O=c1[nH]c(SCc2ccc(Cl)cc2)nc2c1cnn2-c1ccc(Cl)cc1. The first kappa shape index (κ1) is 17.1. The molecule has 0 aliphatic heterocycles. The minimum atomic E-state index is -0.214. The summed E-state index contributed by atoms with van der Waals surface area (Å²) in [5.74, 6) is 0.667. The van der Waals surface area contributed by atoms with E-state index in [0.29, 0.717) is 32.0 Å². The molecule has 26 heavy (non-hydrogen) atoms. The molecule has 1 N–H and O–H groups in total. The fraction of sp³-hybridized carbons (Fsp3) is 0.0556. The third-order valence-electron chi connectivity index (χ3n) is 3.78. The van der Waals surface area contributed by atoms with Crippen molar-refractivity contribution in [3.05, 3.63) is 80.7 Å². The van der Waals surface area contributed by atoms with Crippen LogP contribution < -0.4 is 5.56 Å². The molecule has 8 heteroatoms. The van der Waals surface area contributed by atoms with E-state index < -0.39 is 0 Å². The first-order valence-electron chi connectivity index (χ1n) is 7.71. The molecule has 0 atom stereocenters. The van der Waals surface area contributed by atoms with Crippen molar-refractivity contribution in [3.8, 4) is 5.69 Å². The van der Waals surface area contributed by atoms with E-state index in [1.165, 1.54) is 18.0 Å². The normalized spacial score (nSPS) is 11.2. The molecule has 0 amide bonds. The Balaban J connectivity index is 1.68. The van der Waals surface area contributed by atoms with Gasteiger partial charge in [0.1, 0.15) is 5.39 Å². The highest BCUT2D eigenvalue weighted by atomic mass is 35.5. The van der Waals surface area contributed by atoms with E-state index in [-0.39, 0.29) is 5.56 Å². The summed E-state index contributed by atoms with van der Waals surface area (Å²) < 4.78 is 1.63. The molecule has 2 heterocycles. The van der Waals surface area contributed by atoms with Crippen LogP contribution in [0.5, 0.6) is 0 Å². The average molecular weight is 403 g/mol. The number of hydrogen-bond acceptors (Lipinski definition) is 4. The van der Waals surface area contributed by atoms with Gasteiger partial charge in [0.25, 0.3) is 5.56 Å². The van der Waals surface area contributed by atoms with Gasteiger partial charge < -0.3 is 4.98 Å². The second-order valence-electron chi connectivity index (χ2n) is 5.56. The van der Waals surface area contributed by atoms with Crippen LogP contribution in [0.2, 0.25) is 10.0 Å². The number of H-pyrrole nitrogens is 1. The van der Waals surface area contributed by atoms with Crippen LogP contribution in [0.4, 0.5) is 0 Å². The van der Waals surface area contributed by atoms with Crippen molar-refractivity contribution in [1.29, 1.82) is 0 Å². The second-order valence-corrected chi connectivity index (χ2v) is 7.39. The van der Waals surface area contributed by atoms with E-state index in [9.17, 15) is 4.79 Å². The summed E-state index contributed by atoms with van der Waals surface area (Å²) in [4.78, 5) is 19.7. The van der Waals surface area contributed by atoms with Gasteiger partial charge in [0.05, 0.1) is 11.9 Å². The van der Waals surface area contributed by atoms with Crippen molar-refractivity contribution in [1.82, 2.24) is 19.7 Å². The number of rotatable bonds is 4. The molecule has 0 spiro atoms. The lowest BCUT2D eigenvalue weighted by molar-refractivity contribution is 0.873. The third kappa shape index (κ3) is 3.49. The van der Waals surface area contributed by atoms with Gasteiger partial charge in [-0.3, -0.25) is 4.79 Å². The van der Waals surface area contributed by atoms with E-state index >= 15 is 0 Å². The molecule has 130 valence electrons. The van der Waals surface area contributed by atoms with Gasteiger partial charge in [-0.05, 0) is 42.0 Å². The van der Waals surface area contributed by atoms with Crippen molar-refractivity contribution in [2.24, 2.45) is 0 Å². The Bertz CT molecular complexity index is 1120. The van der Waals surface area contributed by atoms with Crippen molar-refractivity contribution in [3.63, 3.8) is 0 Å². The van der Waals surface area contributed by atoms with Gasteiger partial charge >= 0.3 is 0 Å². The van der Waals surface area contributed by atoms with Crippen LogP contribution in [0.1, 0.15) is 5.56 Å². The minimum absolute atomic E-state index is 0.214. The van der Waals surface area contributed by atoms with Gasteiger partial charge in [-0.1, -0.05) is 47.1 Å². The van der Waals surface area contributed by atoms with Crippen LogP contribution in [0, 0.1) is 0 Å². The molecule has 4 rings (SSSR count). The smallest absolute Gasteiger partial charge is 0.262 e. The Morgan fingerprint density at radius 1 is 1.00 bits per heavy atom. The summed E-state index contributed by atoms with van der Waals surface area (Å²) in [6.45, 7) is 0. The summed E-state index contributed by atoms with van der Waals surface area (Å²) >= 11 is 13.3. The zero-order valence-electron chi connectivity index (χ0n) is 13.3. The lowest BCUT2D eigenvalue weighted by atomic mass is 10.2. The average Bonchev–Trinajstić information content (AvgIpc) is 3.06. The number of nitrogens with zero attached hydrogens (tertiary/aromatic N) is 3. The molecule has 0 radical (unpaired) electrons. The molecule has 0 unspecified atom stereocenters. The molecule has 0 fully saturated rings. The molecule has 2 aromatic carbocycles. The standard InChI is InChI=1S/C18H12Cl2N4OS/c19-12-3-1-11(2-4-12)10-26-18-22-16-15(17(25)23-18)9-21-24(16)14-7-5-13(20)6-8-14/h1-9H,10H2,(H,22,23,25). The van der Waals surface area contributed by atoms with Crippen LogP contribution in [0.25, 0.3) is 16.7 Å². The fourth-order valence-electron chi connectivity index (χ4n) is 2.47. The molecule has 0 aliphatic carbocycles. The summed E-state index contributed by atoms with van der Waals surface area (Å²) in [5, 5.41) is 6.60. The van der Waals surface area contributed by atoms with Crippen LogP contribution >= 0.6 is 35.0 Å². The van der Waals surface area contributed by atoms with Crippen molar-refractivity contribution >= 4 is 46.0 Å². The predicted octanol–water partition coefficient (Wildman–Crippen LogP) is 4.71. The van der Waals surface area contributed by atoms with Crippen molar-refractivity contribution in [2.45, 2.75) is 10.9 Å². The predicted molar refractivity (Wildman–Crippen MR) is 106 cm³/mol. The van der Waals surface area contributed by atoms with Crippen LogP contribution in [-0.4, -0.2) is 19.7 Å². The van der Waals surface area contributed by atoms with Gasteiger partial charge in [-0.15, -0.1) is 0 Å². The quantitative estimate of drug-likeness (QED) is 0.396. The van der Waals surface area contributed by atoms with Crippen molar-refractivity contribution < 1.29 is 0 Å². The number of thioether (sulfide) groups is 1. The summed E-state index contributed by atoms with van der Waals surface area (Å²) in [6, 6.07) is 14.8. The number of benzene rings is 2. The van der Waals surface area contributed by atoms with Gasteiger partial charge in [-0.2, -0.15) is 5.10 Å². The Morgan fingerprint density at radius 3 is 2.35 bits per heavy atom. The Labute approximate surface area is 163 Å². The largest absolute Gasteiger partial charge is 0.301 e. The molecule has 4 aromatic rings. The minimum Gasteiger partial charge on any atom is -0.301 e. The lowest BCUT2D eigenvalue weighted by Gasteiger charge is -2.05. The van der Waals surface area contributed by atoms with E-state index in [1.807, 2.05) is 36.4 Å². The monoisotopic (exact) mass is 402 g/mol. The van der Waals surface area contributed by atoms with E-state index in [2.05, 4.69) is 15.1 Å². The third-order valence-corrected chi connectivity index (χ3v) is 5.22. The number of nitrogens with one attached hydrogen (secondary N) is 1. The highest BCUT2D eigenvalue weighted by molar-refractivity contribution is 7.98. The molecule has 0 aliphatic rings. The number of aromatic nitrogens is 4. The molecule has 0 saturated heterocycles. The molecular weight excluding hydrogens is 391 g/mol. The number of fused-ring (bicyclic) bond motifs is 1. The Hall–Kier alpha value is -2.28. The van der Waals surface area contributed by atoms with Crippen molar-refractivity contribution in [2.75, 3.05) is 0 Å². The zero-order valence-corrected chi connectivity index (χ0v) is 15.6. The van der Waals surface area contributed by atoms with Gasteiger partial charge in [0.15, 0.2) is 10.8 Å². The Morgan fingerprint density at radius 2 is 1.65 bits per heavy atom. The maximum Gasteiger partial charge on any atom is 0.262 e. The Kier molecular flexibility index (Phi) is 4.72. The van der Waals surface area contributed by atoms with Gasteiger partial charge in [0.2, 0.25) is 0 Å². The highest BCUT2D eigenvalue weighted by Crippen LogP contribution is 2.22. The number of hydrogen-bond donors (Lipinski definition) is 1. The van der Waals surface area contributed by atoms with E-state index in [0.717, 1.165) is 11.3 Å². The molecular formula is C18H12Cl2N4OS. The first-order valence-corrected chi connectivity index (χ1v) is 9.45. The summed E-state index contributed by atoms with van der Waals surface area (Å²) in [5.41, 5.74) is 2.17. The first-order chi connectivity index (χ1) is 12.6.